The first-order valence-electron chi connectivity index (χ1n) is 6.45. The van der Waals surface area contributed by atoms with E-state index in [9.17, 15) is 4.79 Å². The van der Waals surface area contributed by atoms with E-state index < -0.39 is 6.10 Å². The number of ether oxygens (including phenoxy) is 1. The van der Waals surface area contributed by atoms with Crippen LogP contribution in [0.25, 0.3) is 0 Å². The number of halogens is 1. The van der Waals surface area contributed by atoms with Crippen LogP contribution in [0.5, 0.6) is 5.75 Å². The fraction of sp³-hybridized carbons (Fsp3) is 0.188. The molecule has 2 aromatic carbocycles. The van der Waals surface area contributed by atoms with Crippen molar-refractivity contribution in [3.8, 4) is 5.75 Å². The zero-order valence-electron chi connectivity index (χ0n) is 11.8. The number of carbonyl (C=O) groups is 1. The van der Waals surface area contributed by atoms with Crippen LogP contribution in [0.4, 0.5) is 5.69 Å². The lowest BCUT2D eigenvalue weighted by Gasteiger charge is -2.13. The van der Waals surface area contributed by atoms with E-state index in [0.717, 1.165) is 5.69 Å². The first-order valence-corrected chi connectivity index (χ1v) is 6.83. The normalized spacial score (nSPS) is 11.8. The first-order chi connectivity index (χ1) is 10.1. The number of carbonyl (C=O) groups excluding carboxylic acids is 1. The summed E-state index contributed by atoms with van der Waals surface area (Å²) in [4.78, 5) is 17.6. The zero-order chi connectivity index (χ0) is 15.2. The Kier molecular flexibility index (Phi) is 5.20. The molecule has 2 aromatic rings. The van der Waals surface area contributed by atoms with Crippen LogP contribution in [0.2, 0.25) is 5.02 Å². The molecule has 0 bridgehead atoms. The largest absolute Gasteiger partial charge is 0.497 e. The summed E-state index contributed by atoms with van der Waals surface area (Å²) >= 11 is 5.80. The standard InChI is InChI=1S/C16H16ClNO3/c1-11(21-18-14-7-5-13(17)6-8-14)16(19)12-3-9-15(20-2)10-4-12/h3-11,18H,1-2H3/t11-/m0/s1. The molecule has 0 aliphatic rings. The van der Waals surface area contributed by atoms with Gasteiger partial charge in [-0.05, 0) is 55.5 Å². The van der Waals surface area contributed by atoms with Crippen LogP contribution in [0.3, 0.4) is 0 Å². The lowest BCUT2D eigenvalue weighted by Crippen LogP contribution is -2.23. The van der Waals surface area contributed by atoms with Crippen LogP contribution in [0, 0.1) is 0 Å². The number of benzene rings is 2. The summed E-state index contributed by atoms with van der Waals surface area (Å²) in [5, 5.41) is 0.642. The van der Waals surface area contributed by atoms with Crippen LogP contribution in [0.1, 0.15) is 17.3 Å². The first kappa shape index (κ1) is 15.4. The monoisotopic (exact) mass is 305 g/mol. The van der Waals surface area contributed by atoms with Gasteiger partial charge in [-0.3, -0.25) is 15.1 Å². The minimum Gasteiger partial charge on any atom is -0.497 e. The van der Waals surface area contributed by atoms with Crippen molar-refractivity contribution < 1.29 is 14.4 Å². The average molecular weight is 306 g/mol. The molecule has 1 N–H and O–H groups in total. The van der Waals surface area contributed by atoms with E-state index >= 15 is 0 Å². The number of Topliss-reactive ketones (excluding diaryl/α,β-unsaturated/α-hetero) is 1. The number of methoxy groups -OCH3 is 1. The van der Waals surface area contributed by atoms with Crippen LogP contribution in [-0.4, -0.2) is 19.0 Å². The Morgan fingerprint density at radius 2 is 1.71 bits per heavy atom. The van der Waals surface area contributed by atoms with Crippen LogP contribution in [-0.2, 0) is 4.84 Å². The SMILES string of the molecule is COc1ccc(C(=O)[C@H](C)ONc2ccc(Cl)cc2)cc1. The Morgan fingerprint density at radius 1 is 1.10 bits per heavy atom. The second kappa shape index (κ2) is 7.11. The zero-order valence-corrected chi connectivity index (χ0v) is 12.6. The van der Waals surface area contributed by atoms with Gasteiger partial charge in [-0.2, -0.15) is 0 Å². The molecule has 0 saturated carbocycles. The molecule has 0 heterocycles. The molecule has 0 radical (unpaired) electrons. The van der Waals surface area contributed by atoms with Crippen LogP contribution >= 0.6 is 11.6 Å². The van der Waals surface area contributed by atoms with Gasteiger partial charge in [0.25, 0.3) is 0 Å². The van der Waals surface area contributed by atoms with Crippen molar-refractivity contribution in [3.05, 3.63) is 59.1 Å². The molecule has 0 amide bonds. The number of hydrogen-bond donors (Lipinski definition) is 1. The molecule has 0 saturated heterocycles. The van der Waals surface area contributed by atoms with Crippen molar-refractivity contribution in [1.82, 2.24) is 0 Å². The van der Waals surface area contributed by atoms with E-state index in [0.29, 0.717) is 16.3 Å². The summed E-state index contributed by atoms with van der Waals surface area (Å²) in [6.45, 7) is 1.69. The minimum atomic E-state index is -0.617. The van der Waals surface area contributed by atoms with Gasteiger partial charge in [0.2, 0.25) is 0 Å². The molecule has 2 rings (SSSR count). The average Bonchev–Trinajstić information content (AvgIpc) is 2.53. The number of rotatable bonds is 6. The summed E-state index contributed by atoms with van der Waals surface area (Å²) in [5.74, 6) is 0.596. The van der Waals surface area contributed by atoms with Gasteiger partial charge in [-0.1, -0.05) is 11.6 Å². The van der Waals surface area contributed by atoms with Crippen molar-refractivity contribution in [2.75, 3.05) is 12.6 Å². The van der Waals surface area contributed by atoms with Crippen molar-refractivity contribution in [1.29, 1.82) is 0 Å². The van der Waals surface area contributed by atoms with Gasteiger partial charge in [-0.15, -0.1) is 0 Å². The second-order valence-corrected chi connectivity index (χ2v) is 4.90. The highest BCUT2D eigenvalue weighted by Gasteiger charge is 2.16. The Hall–Kier alpha value is -2.04. The second-order valence-electron chi connectivity index (χ2n) is 4.46. The predicted molar refractivity (Wildman–Crippen MR) is 82.9 cm³/mol. The number of nitrogens with one attached hydrogen (secondary N) is 1. The van der Waals surface area contributed by atoms with E-state index in [2.05, 4.69) is 5.48 Å². The highest BCUT2D eigenvalue weighted by atomic mass is 35.5. The third-order valence-electron chi connectivity index (χ3n) is 2.94. The van der Waals surface area contributed by atoms with Gasteiger partial charge in [0, 0.05) is 10.6 Å². The fourth-order valence-electron chi connectivity index (χ4n) is 1.72. The quantitative estimate of drug-likeness (QED) is 0.648. The molecule has 0 fully saturated rings. The number of hydrogen-bond acceptors (Lipinski definition) is 4. The predicted octanol–water partition coefficient (Wildman–Crippen LogP) is 3.96. The molecule has 1 atom stereocenters. The molecule has 0 spiro atoms. The van der Waals surface area contributed by atoms with Crippen LogP contribution < -0.4 is 10.2 Å². The van der Waals surface area contributed by atoms with Gasteiger partial charge in [0.05, 0.1) is 12.8 Å². The van der Waals surface area contributed by atoms with E-state index in [1.807, 2.05) is 0 Å². The van der Waals surface area contributed by atoms with Gasteiger partial charge >= 0.3 is 0 Å². The van der Waals surface area contributed by atoms with E-state index in [4.69, 9.17) is 21.2 Å². The molecule has 110 valence electrons. The maximum absolute atomic E-state index is 12.2. The van der Waals surface area contributed by atoms with E-state index in [1.54, 1.807) is 62.6 Å². The summed E-state index contributed by atoms with van der Waals surface area (Å²) in [6, 6.07) is 13.9. The smallest absolute Gasteiger partial charge is 0.193 e. The van der Waals surface area contributed by atoms with Gasteiger partial charge in [-0.25, -0.2) is 0 Å². The summed E-state index contributed by atoms with van der Waals surface area (Å²) in [7, 11) is 1.58. The maximum atomic E-state index is 12.2. The Morgan fingerprint density at radius 3 is 2.29 bits per heavy atom. The molecule has 21 heavy (non-hydrogen) atoms. The Bertz CT molecular complexity index is 596. The number of ketones is 1. The highest BCUT2D eigenvalue weighted by molar-refractivity contribution is 6.30. The summed E-state index contributed by atoms with van der Waals surface area (Å²) < 4.78 is 5.06. The maximum Gasteiger partial charge on any atom is 0.193 e. The lowest BCUT2D eigenvalue weighted by molar-refractivity contribution is 0.0648. The summed E-state index contributed by atoms with van der Waals surface area (Å²) in [5.41, 5.74) is 4.04. The molecular weight excluding hydrogens is 290 g/mol. The number of anilines is 1. The van der Waals surface area contributed by atoms with Crippen molar-refractivity contribution >= 4 is 23.1 Å². The molecule has 0 aliphatic heterocycles. The molecule has 4 nitrogen and oxygen atoms in total. The third-order valence-corrected chi connectivity index (χ3v) is 3.19. The fourth-order valence-corrected chi connectivity index (χ4v) is 1.84. The topological polar surface area (TPSA) is 47.6 Å². The van der Waals surface area contributed by atoms with Gasteiger partial charge < -0.3 is 4.74 Å². The Balaban J connectivity index is 1.93. The van der Waals surface area contributed by atoms with Crippen molar-refractivity contribution in [3.63, 3.8) is 0 Å². The molecule has 0 aromatic heterocycles. The Labute approximate surface area is 128 Å². The molecule has 5 heteroatoms. The van der Waals surface area contributed by atoms with Crippen molar-refractivity contribution in [2.24, 2.45) is 0 Å². The van der Waals surface area contributed by atoms with Gasteiger partial charge in [0.1, 0.15) is 11.9 Å². The lowest BCUT2D eigenvalue weighted by atomic mass is 10.1. The van der Waals surface area contributed by atoms with Crippen LogP contribution in [0.15, 0.2) is 48.5 Å². The van der Waals surface area contributed by atoms with Crippen molar-refractivity contribution in [2.45, 2.75) is 13.0 Å². The summed E-state index contributed by atoms with van der Waals surface area (Å²) in [6.07, 6.45) is -0.617. The minimum absolute atomic E-state index is 0.112. The third kappa shape index (κ3) is 4.21. The van der Waals surface area contributed by atoms with E-state index in [1.165, 1.54) is 0 Å². The van der Waals surface area contributed by atoms with E-state index in [-0.39, 0.29) is 5.78 Å². The molecular formula is C16H16ClNO3. The highest BCUT2D eigenvalue weighted by Crippen LogP contribution is 2.16. The van der Waals surface area contributed by atoms with Gasteiger partial charge in [0.15, 0.2) is 5.78 Å². The molecule has 0 aliphatic carbocycles. The molecule has 0 unspecified atom stereocenters.